The zero-order chi connectivity index (χ0) is 27.0. The Labute approximate surface area is 215 Å². The first-order chi connectivity index (χ1) is 18.2. The molecule has 0 saturated heterocycles. The SMILES string of the molecule is O=C(NC(CO)C(=O)NCc1ccc(C(F)(F)F)cc1)c1cc2cc3c4c(c2oc1=O)CCCN4CCC3. The van der Waals surface area contributed by atoms with Gasteiger partial charge in [-0.05, 0) is 61.1 Å². The van der Waals surface area contributed by atoms with Crippen LogP contribution in [0, 0.1) is 0 Å². The molecule has 0 fully saturated rings. The van der Waals surface area contributed by atoms with Crippen LogP contribution in [0.1, 0.15) is 45.5 Å². The molecule has 5 rings (SSSR count). The molecule has 3 aromatic rings. The fraction of sp³-hybridized carbons (Fsp3) is 0.370. The number of carbonyl (C=O) groups is 2. The van der Waals surface area contributed by atoms with Gasteiger partial charge in [-0.3, -0.25) is 9.59 Å². The fourth-order valence-corrected chi connectivity index (χ4v) is 5.16. The second kappa shape index (κ2) is 10.1. The molecule has 2 aliphatic heterocycles. The molecule has 38 heavy (non-hydrogen) atoms. The van der Waals surface area contributed by atoms with Gasteiger partial charge < -0.3 is 25.1 Å². The van der Waals surface area contributed by atoms with E-state index in [4.69, 9.17) is 4.42 Å². The smallest absolute Gasteiger partial charge is 0.416 e. The van der Waals surface area contributed by atoms with E-state index in [2.05, 4.69) is 15.5 Å². The quantitative estimate of drug-likeness (QED) is 0.424. The first-order valence-corrected chi connectivity index (χ1v) is 12.4. The third-order valence-corrected chi connectivity index (χ3v) is 7.01. The van der Waals surface area contributed by atoms with Crippen LogP contribution in [0.25, 0.3) is 11.0 Å². The summed E-state index contributed by atoms with van der Waals surface area (Å²) in [5, 5.41) is 15.1. The van der Waals surface area contributed by atoms with Crippen molar-refractivity contribution in [1.82, 2.24) is 10.6 Å². The van der Waals surface area contributed by atoms with Crippen molar-refractivity contribution in [3.05, 3.63) is 74.6 Å². The second-order valence-corrected chi connectivity index (χ2v) is 9.54. The lowest BCUT2D eigenvalue weighted by Crippen LogP contribution is -2.49. The van der Waals surface area contributed by atoms with Crippen LogP contribution >= 0.6 is 0 Å². The first kappa shape index (κ1) is 25.8. The summed E-state index contributed by atoms with van der Waals surface area (Å²) in [6, 6.07) is 6.25. The van der Waals surface area contributed by atoms with Crippen LogP contribution in [0.5, 0.6) is 0 Å². The molecular formula is C27H26F3N3O5. The predicted octanol–water partition coefficient (Wildman–Crippen LogP) is 2.92. The highest BCUT2D eigenvalue weighted by atomic mass is 19.4. The van der Waals surface area contributed by atoms with Gasteiger partial charge in [-0.15, -0.1) is 0 Å². The van der Waals surface area contributed by atoms with Gasteiger partial charge in [0.25, 0.3) is 5.91 Å². The van der Waals surface area contributed by atoms with E-state index < -0.39 is 41.8 Å². The molecule has 0 spiro atoms. The van der Waals surface area contributed by atoms with Crippen LogP contribution < -0.4 is 21.2 Å². The average molecular weight is 530 g/mol. The van der Waals surface area contributed by atoms with Gasteiger partial charge in [-0.1, -0.05) is 12.1 Å². The van der Waals surface area contributed by atoms with Crippen molar-refractivity contribution in [2.75, 3.05) is 24.6 Å². The van der Waals surface area contributed by atoms with Gasteiger partial charge in [0.1, 0.15) is 17.2 Å². The molecule has 0 aliphatic carbocycles. The summed E-state index contributed by atoms with van der Waals surface area (Å²) in [5.74, 6) is -1.64. The van der Waals surface area contributed by atoms with Gasteiger partial charge in [-0.2, -0.15) is 13.2 Å². The minimum absolute atomic E-state index is 0.119. The highest BCUT2D eigenvalue weighted by Crippen LogP contribution is 2.39. The molecule has 3 N–H and O–H groups in total. The summed E-state index contributed by atoms with van der Waals surface area (Å²) in [6.07, 6.45) is -0.850. The van der Waals surface area contributed by atoms with Crippen LogP contribution in [-0.4, -0.2) is 42.7 Å². The molecule has 0 bridgehead atoms. The van der Waals surface area contributed by atoms with Gasteiger partial charge >= 0.3 is 11.8 Å². The van der Waals surface area contributed by atoms with E-state index in [9.17, 15) is 32.7 Å². The Kier molecular flexibility index (Phi) is 6.87. The van der Waals surface area contributed by atoms with Crippen molar-refractivity contribution >= 4 is 28.5 Å². The Bertz CT molecular complexity index is 1450. The van der Waals surface area contributed by atoms with Crippen molar-refractivity contribution in [3.8, 4) is 0 Å². The van der Waals surface area contributed by atoms with Gasteiger partial charge in [0.05, 0.1) is 12.2 Å². The van der Waals surface area contributed by atoms with E-state index in [-0.39, 0.29) is 12.1 Å². The number of aliphatic hydroxyl groups excluding tert-OH is 1. The number of nitrogens with one attached hydrogen (secondary N) is 2. The predicted molar refractivity (Wildman–Crippen MR) is 133 cm³/mol. The van der Waals surface area contributed by atoms with E-state index in [1.54, 1.807) is 0 Å². The number of anilines is 1. The second-order valence-electron chi connectivity index (χ2n) is 9.54. The molecule has 2 amide bonds. The molecule has 1 atom stereocenters. The molecule has 11 heteroatoms. The Hall–Kier alpha value is -3.86. The number of aryl methyl sites for hydroxylation is 2. The molecule has 2 aliphatic rings. The monoisotopic (exact) mass is 529 g/mol. The Balaban J connectivity index is 1.31. The largest absolute Gasteiger partial charge is 0.422 e. The normalized spacial score (nSPS) is 15.6. The molecule has 0 saturated carbocycles. The lowest BCUT2D eigenvalue weighted by molar-refractivity contribution is -0.137. The molecular weight excluding hydrogens is 503 g/mol. The van der Waals surface area contributed by atoms with Crippen LogP contribution in [-0.2, 0) is 30.4 Å². The molecule has 0 radical (unpaired) electrons. The number of alkyl halides is 3. The molecule has 3 heterocycles. The van der Waals surface area contributed by atoms with Gasteiger partial charge in [0.15, 0.2) is 0 Å². The van der Waals surface area contributed by atoms with Crippen LogP contribution in [0.3, 0.4) is 0 Å². The van der Waals surface area contributed by atoms with Crippen LogP contribution in [0.15, 0.2) is 45.6 Å². The summed E-state index contributed by atoms with van der Waals surface area (Å²) in [7, 11) is 0. The minimum Gasteiger partial charge on any atom is -0.422 e. The Morgan fingerprint density at radius 3 is 2.47 bits per heavy atom. The number of hydrogen-bond donors (Lipinski definition) is 3. The summed E-state index contributed by atoms with van der Waals surface area (Å²) >= 11 is 0. The number of rotatable bonds is 6. The van der Waals surface area contributed by atoms with Crippen LogP contribution in [0.2, 0.25) is 0 Å². The highest BCUT2D eigenvalue weighted by Gasteiger charge is 2.30. The number of nitrogens with zero attached hydrogens (tertiary/aromatic N) is 1. The number of aliphatic hydroxyl groups is 1. The topological polar surface area (TPSA) is 112 Å². The third kappa shape index (κ3) is 4.98. The lowest BCUT2D eigenvalue weighted by atomic mass is 9.90. The standard InChI is InChI=1S/C27H26F3N3O5/c28-27(29,30)18-7-5-15(6-8-18)13-31-25(36)21(14-34)32-24(35)20-12-17-11-16-3-1-9-33-10-2-4-19(22(16)33)23(17)38-26(20)37/h5-8,11-12,21,34H,1-4,9-10,13-14H2,(H,31,36)(H,32,35). The van der Waals surface area contributed by atoms with Crippen molar-refractivity contribution < 1.29 is 32.3 Å². The summed E-state index contributed by atoms with van der Waals surface area (Å²) in [6.45, 7) is 1.04. The van der Waals surface area contributed by atoms with Crippen molar-refractivity contribution in [2.45, 2.75) is 44.4 Å². The minimum atomic E-state index is -4.47. The van der Waals surface area contributed by atoms with Gasteiger partial charge in [-0.25, -0.2) is 4.79 Å². The third-order valence-electron chi connectivity index (χ3n) is 7.01. The summed E-state index contributed by atoms with van der Waals surface area (Å²) < 4.78 is 43.8. The first-order valence-electron chi connectivity index (χ1n) is 12.4. The number of halogens is 3. The summed E-state index contributed by atoms with van der Waals surface area (Å²) in [4.78, 5) is 40.6. The molecule has 1 aromatic heterocycles. The van der Waals surface area contributed by atoms with Crippen molar-refractivity contribution in [1.29, 1.82) is 0 Å². The Morgan fingerprint density at radius 2 is 1.79 bits per heavy atom. The van der Waals surface area contributed by atoms with E-state index in [1.165, 1.54) is 18.2 Å². The van der Waals surface area contributed by atoms with E-state index in [0.29, 0.717) is 16.5 Å². The lowest BCUT2D eigenvalue weighted by Gasteiger charge is -2.37. The van der Waals surface area contributed by atoms with Gasteiger partial charge in [0, 0.05) is 36.3 Å². The maximum Gasteiger partial charge on any atom is 0.416 e. The summed E-state index contributed by atoms with van der Waals surface area (Å²) in [5.41, 5.74) is 2.16. The number of hydrogen-bond acceptors (Lipinski definition) is 6. The number of carbonyl (C=O) groups excluding carboxylic acids is 2. The zero-order valence-corrected chi connectivity index (χ0v) is 20.4. The molecule has 200 valence electrons. The average Bonchev–Trinajstić information content (AvgIpc) is 2.90. The number of benzene rings is 2. The van der Waals surface area contributed by atoms with E-state index in [0.717, 1.165) is 67.7 Å². The maximum atomic E-state index is 12.9. The van der Waals surface area contributed by atoms with Crippen molar-refractivity contribution in [2.24, 2.45) is 0 Å². The molecule has 1 unspecified atom stereocenters. The fourth-order valence-electron chi connectivity index (χ4n) is 5.16. The molecule has 2 aromatic carbocycles. The number of amides is 2. The maximum absolute atomic E-state index is 12.9. The van der Waals surface area contributed by atoms with Crippen molar-refractivity contribution in [3.63, 3.8) is 0 Å². The number of fused-ring (bicyclic) bond motifs is 2. The molecule has 8 nitrogen and oxygen atoms in total. The van der Waals surface area contributed by atoms with Crippen LogP contribution in [0.4, 0.5) is 18.9 Å². The Morgan fingerprint density at radius 1 is 1.08 bits per heavy atom. The van der Waals surface area contributed by atoms with E-state index >= 15 is 0 Å². The van der Waals surface area contributed by atoms with Gasteiger partial charge in [0.2, 0.25) is 5.91 Å². The highest BCUT2D eigenvalue weighted by molar-refractivity contribution is 6.00. The van der Waals surface area contributed by atoms with E-state index in [1.807, 2.05) is 6.07 Å². The zero-order valence-electron chi connectivity index (χ0n) is 20.4.